The standard InChI is InChI=1S/C15H13Cl2N3O3/c16-10-6-7-12(17)13(8-10)23-9-14(21)19-20-15(22)18-11-4-2-1-3-5-11/h1-8H,9H2,(H,19,21)(H2,18,20,22). The topological polar surface area (TPSA) is 79.5 Å². The first-order valence-electron chi connectivity index (χ1n) is 6.53. The molecule has 0 spiro atoms. The highest BCUT2D eigenvalue weighted by Gasteiger charge is 2.08. The van der Waals surface area contributed by atoms with Crippen molar-refractivity contribution >= 4 is 40.8 Å². The van der Waals surface area contributed by atoms with Gasteiger partial charge in [0.15, 0.2) is 6.61 Å². The van der Waals surface area contributed by atoms with E-state index in [1.807, 2.05) is 6.07 Å². The molecule has 0 unspecified atom stereocenters. The predicted octanol–water partition coefficient (Wildman–Crippen LogP) is 3.23. The number of anilines is 1. The van der Waals surface area contributed by atoms with Crippen molar-refractivity contribution in [2.45, 2.75) is 0 Å². The van der Waals surface area contributed by atoms with E-state index in [2.05, 4.69) is 16.2 Å². The van der Waals surface area contributed by atoms with E-state index in [1.165, 1.54) is 6.07 Å². The second-order valence-electron chi connectivity index (χ2n) is 4.36. The highest BCUT2D eigenvalue weighted by molar-refractivity contribution is 6.34. The Labute approximate surface area is 142 Å². The number of hydrogen-bond acceptors (Lipinski definition) is 3. The molecule has 0 saturated carbocycles. The smallest absolute Gasteiger partial charge is 0.337 e. The van der Waals surface area contributed by atoms with E-state index in [9.17, 15) is 9.59 Å². The van der Waals surface area contributed by atoms with E-state index in [-0.39, 0.29) is 12.4 Å². The second kappa shape index (κ2) is 8.26. The Balaban J connectivity index is 1.74. The first-order valence-corrected chi connectivity index (χ1v) is 7.29. The maximum Gasteiger partial charge on any atom is 0.337 e. The molecule has 0 saturated heterocycles. The Hall–Kier alpha value is -2.44. The fraction of sp³-hybridized carbons (Fsp3) is 0.0667. The molecule has 0 aliphatic carbocycles. The number of nitrogens with one attached hydrogen (secondary N) is 3. The second-order valence-corrected chi connectivity index (χ2v) is 5.20. The minimum Gasteiger partial charge on any atom is -0.482 e. The Kier molecular flexibility index (Phi) is 6.08. The summed E-state index contributed by atoms with van der Waals surface area (Å²) in [6.45, 7) is -0.328. The third kappa shape index (κ3) is 5.69. The molecule has 2 aromatic carbocycles. The van der Waals surface area contributed by atoms with Gasteiger partial charge in [0.25, 0.3) is 5.91 Å². The molecule has 0 aliphatic heterocycles. The van der Waals surface area contributed by atoms with E-state index in [0.717, 1.165) is 0 Å². The van der Waals surface area contributed by atoms with Gasteiger partial charge in [0, 0.05) is 16.8 Å². The van der Waals surface area contributed by atoms with Crippen LogP contribution in [0.1, 0.15) is 0 Å². The summed E-state index contributed by atoms with van der Waals surface area (Å²) in [5.74, 6) is -0.271. The van der Waals surface area contributed by atoms with Crippen LogP contribution in [0.3, 0.4) is 0 Å². The summed E-state index contributed by atoms with van der Waals surface area (Å²) in [7, 11) is 0. The van der Waals surface area contributed by atoms with Gasteiger partial charge < -0.3 is 10.1 Å². The van der Waals surface area contributed by atoms with Crippen LogP contribution in [0.15, 0.2) is 48.5 Å². The van der Waals surface area contributed by atoms with E-state index in [1.54, 1.807) is 36.4 Å². The Morgan fingerprint density at radius 1 is 1.00 bits per heavy atom. The van der Waals surface area contributed by atoms with E-state index in [0.29, 0.717) is 15.7 Å². The summed E-state index contributed by atoms with van der Waals surface area (Å²) < 4.78 is 5.23. The Morgan fingerprint density at radius 3 is 2.48 bits per heavy atom. The van der Waals surface area contributed by atoms with Crippen LogP contribution in [0.2, 0.25) is 10.0 Å². The molecule has 6 nitrogen and oxygen atoms in total. The molecule has 0 radical (unpaired) electrons. The third-order valence-corrected chi connectivity index (χ3v) is 3.15. The van der Waals surface area contributed by atoms with Crippen LogP contribution in [0.25, 0.3) is 0 Å². The van der Waals surface area contributed by atoms with Crippen molar-refractivity contribution in [3.8, 4) is 5.75 Å². The van der Waals surface area contributed by atoms with Gasteiger partial charge in [-0.2, -0.15) is 0 Å². The van der Waals surface area contributed by atoms with Crippen LogP contribution >= 0.6 is 23.2 Å². The van der Waals surface area contributed by atoms with Crippen LogP contribution in [-0.4, -0.2) is 18.5 Å². The van der Waals surface area contributed by atoms with Gasteiger partial charge in [-0.1, -0.05) is 41.4 Å². The van der Waals surface area contributed by atoms with E-state index in [4.69, 9.17) is 27.9 Å². The first-order chi connectivity index (χ1) is 11.0. The number of urea groups is 1. The summed E-state index contributed by atoms with van der Waals surface area (Å²) in [6.07, 6.45) is 0. The van der Waals surface area contributed by atoms with Crippen LogP contribution in [-0.2, 0) is 4.79 Å². The zero-order chi connectivity index (χ0) is 16.7. The van der Waals surface area contributed by atoms with Gasteiger partial charge >= 0.3 is 6.03 Å². The maximum absolute atomic E-state index is 11.6. The molecule has 23 heavy (non-hydrogen) atoms. The van der Waals surface area contributed by atoms with Crippen LogP contribution in [0, 0.1) is 0 Å². The monoisotopic (exact) mass is 353 g/mol. The summed E-state index contributed by atoms with van der Waals surface area (Å²) in [5, 5.41) is 3.31. The number of amides is 3. The number of hydrazine groups is 1. The fourth-order valence-electron chi connectivity index (χ4n) is 1.58. The van der Waals surface area contributed by atoms with Crippen molar-refractivity contribution in [2.24, 2.45) is 0 Å². The molecule has 3 N–H and O–H groups in total. The molecule has 0 fully saturated rings. The first kappa shape index (κ1) is 16.9. The third-order valence-electron chi connectivity index (χ3n) is 2.60. The van der Waals surface area contributed by atoms with Crippen molar-refractivity contribution < 1.29 is 14.3 Å². The van der Waals surface area contributed by atoms with Gasteiger partial charge in [-0.15, -0.1) is 0 Å². The van der Waals surface area contributed by atoms with Crippen molar-refractivity contribution in [1.82, 2.24) is 10.9 Å². The zero-order valence-electron chi connectivity index (χ0n) is 11.8. The Bertz CT molecular complexity index is 696. The van der Waals surface area contributed by atoms with Gasteiger partial charge in [-0.25, -0.2) is 10.2 Å². The quantitative estimate of drug-likeness (QED) is 0.738. The number of halogens is 2. The van der Waals surface area contributed by atoms with Gasteiger partial charge in [0.2, 0.25) is 0 Å². The number of ether oxygens (including phenoxy) is 1. The summed E-state index contributed by atoms with van der Waals surface area (Å²) in [6, 6.07) is 12.9. The van der Waals surface area contributed by atoms with E-state index >= 15 is 0 Å². The molecule has 0 heterocycles. The lowest BCUT2D eigenvalue weighted by Crippen LogP contribution is -2.45. The lowest BCUT2D eigenvalue weighted by atomic mass is 10.3. The lowest BCUT2D eigenvalue weighted by Gasteiger charge is -2.10. The fourth-order valence-corrected chi connectivity index (χ4v) is 1.91. The van der Waals surface area contributed by atoms with Crippen LogP contribution in [0.4, 0.5) is 10.5 Å². The largest absolute Gasteiger partial charge is 0.482 e. The molecule has 0 aliphatic rings. The number of rotatable bonds is 4. The van der Waals surface area contributed by atoms with Crippen LogP contribution in [0.5, 0.6) is 5.75 Å². The number of para-hydroxylation sites is 1. The summed E-state index contributed by atoms with van der Waals surface area (Å²) >= 11 is 11.7. The molecular weight excluding hydrogens is 341 g/mol. The highest BCUT2D eigenvalue weighted by Crippen LogP contribution is 2.27. The molecule has 2 aromatic rings. The predicted molar refractivity (Wildman–Crippen MR) is 88.7 cm³/mol. The normalized spacial score (nSPS) is 9.83. The molecule has 0 atom stereocenters. The highest BCUT2D eigenvalue weighted by atomic mass is 35.5. The summed E-state index contributed by atoms with van der Waals surface area (Å²) in [5.41, 5.74) is 5.01. The minimum atomic E-state index is -0.578. The van der Waals surface area contributed by atoms with Crippen molar-refractivity contribution in [1.29, 1.82) is 0 Å². The molecule has 3 amide bonds. The lowest BCUT2D eigenvalue weighted by molar-refractivity contribution is -0.123. The molecule has 2 rings (SSSR count). The van der Waals surface area contributed by atoms with Crippen LogP contribution < -0.4 is 20.9 Å². The van der Waals surface area contributed by atoms with Crippen molar-refractivity contribution in [3.05, 3.63) is 58.6 Å². The zero-order valence-corrected chi connectivity index (χ0v) is 13.3. The van der Waals surface area contributed by atoms with Gasteiger partial charge in [-0.05, 0) is 24.3 Å². The number of carbonyl (C=O) groups is 2. The van der Waals surface area contributed by atoms with Gasteiger partial charge in [0.05, 0.1) is 5.02 Å². The Morgan fingerprint density at radius 2 is 1.74 bits per heavy atom. The van der Waals surface area contributed by atoms with E-state index < -0.39 is 11.9 Å². The number of hydrogen-bond donors (Lipinski definition) is 3. The van der Waals surface area contributed by atoms with Crippen molar-refractivity contribution in [3.63, 3.8) is 0 Å². The summed E-state index contributed by atoms with van der Waals surface area (Å²) in [4.78, 5) is 23.2. The maximum atomic E-state index is 11.6. The van der Waals surface area contributed by atoms with Gasteiger partial charge in [0.1, 0.15) is 5.75 Å². The average molecular weight is 354 g/mol. The SMILES string of the molecule is O=C(COc1cc(Cl)ccc1Cl)NNC(=O)Nc1ccccc1. The average Bonchev–Trinajstić information content (AvgIpc) is 2.54. The minimum absolute atomic E-state index is 0.281. The molecular formula is C15H13Cl2N3O3. The van der Waals surface area contributed by atoms with Gasteiger partial charge in [-0.3, -0.25) is 10.2 Å². The molecule has 120 valence electrons. The van der Waals surface area contributed by atoms with Crippen molar-refractivity contribution in [2.75, 3.05) is 11.9 Å². The molecule has 0 aromatic heterocycles. The number of benzene rings is 2. The number of carbonyl (C=O) groups excluding carboxylic acids is 2. The molecule has 8 heteroatoms. The molecule has 0 bridgehead atoms.